The lowest BCUT2D eigenvalue weighted by atomic mass is 9.97. The molecule has 2 atom stereocenters. The standard InChI is InChI=1S/C22H22F2N2/c1-25-17-7-9-20(25)22-18-12-16(24)6-8-19(18)26(21(22)13-17)11-10-14-2-4-15(23)5-3-14/h2-6,8,12,17,20H,7,9-11,13H2,1H3. The van der Waals surface area contributed by atoms with Crippen molar-refractivity contribution in [2.45, 2.75) is 44.3 Å². The van der Waals surface area contributed by atoms with E-state index in [9.17, 15) is 8.78 Å². The number of likely N-dealkylation sites (N-methyl/N-ethyl adjacent to an activating group) is 1. The van der Waals surface area contributed by atoms with Crippen LogP contribution in [0.3, 0.4) is 0 Å². The van der Waals surface area contributed by atoms with Crippen molar-refractivity contribution in [3.8, 4) is 0 Å². The van der Waals surface area contributed by atoms with Crippen LogP contribution < -0.4 is 0 Å². The van der Waals surface area contributed by atoms with E-state index in [1.165, 1.54) is 29.8 Å². The summed E-state index contributed by atoms with van der Waals surface area (Å²) in [6.07, 6.45) is 4.24. The summed E-state index contributed by atoms with van der Waals surface area (Å²) in [7, 11) is 2.20. The molecule has 0 spiro atoms. The molecule has 5 rings (SSSR count). The van der Waals surface area contributed by atoms with Crippen LogP contribution in [0.4, 0.5) is 8.78 Å². The summed E-state index contributed by atoms with van der Waals surface area (Å²) < 4.78 is 29.5. The second kappa shape index (κ2) is 5.92. The lowest BCUT2D eigenvalue weighted by Gasteiger charge is -2.32. The number of hydrogen-bond donors (Lipinski definition) is 0. The highest BCUT2D eigenvalue weighted by atomic mass is 19.1. The predicted molar refractivity (Wildman–Crippen MR) is 99.2 cm³/mol. The Morgan fingerprint density at radius 3 is 2.58 bits per heavy atom. The van der Waals surface area contributed by atoms with Crippen LogP contribution in [-0.4, -0.2) is 22.6 Å². The van der Waals surface area contributed by atoms with Crippen molar-refractivity contribution in [3.63, 3.8) is 0 Å². The quantitative estimate of drug-likeness (QED) is 0.654. The Labute approximate surface area is 152 Å². The van der Waals surface area contributed by atoms with Crippen molar-refractivity contribution in [2.24, 2.45) is 0 Å². The smallest absolute Gasteiger partial charge is 0.123 e. The number of aromatic nitrogens is 1. The Hall–Kier alpha value is -2.20. The molecule has 2 nitrogen and oxygen atoms in total. The highest BCUT2D eigenvalue weighted by Crippen LogP contribution is 2.46. The third kappa shape index (κ3) is 2.39. The third-order valence-electron chi connectivity index (χ3n) is 6.32. The van der Waals surface area contributed by atoms with E-state index in [2.05, 4.69) is 16.5 Å². The van der Waals surface area contributed by atoms with Crippen molar-refractivity contribution in [1.82, 2.24) is 9.47 Å². The second-order valence-corrected chi connectivity index (χ2v) is 7.67. The molecule has 3 aromatic rings. The van der Waals surface area contributed by atoms with Crippen molar-refractivity contribution in [2.75, 3.05) is 7.05 Å². The van der Waals surface area contributed by atoms with Gasteiger partial charge in [-0.15, -0.1) is 0 Å². The van der Waals surface area contributed by atoms with Gasteiger partial charge in [0.15, 0.2) is 0 Å². The molecule has 2 unspecified atom stereocenters. The molecule has 3 heterocycles. The van der Waals surface area contributed by atoms with Gasteiger partial charge < -0.3 is 4.57 Å². The molecule has 134 valence electrons. The molecule has 0 aliphatic carbocycles. The molecule has 1 aromatic heterocycles. The Morgan fingerprint density at radius 2 is 1.77 bits per heavy atom. The van der Waals surface area contributed by atoms with Crippen molar-refractivity contribution in [1.29, 1.82) is 0 Å². The van der Waals surface area contributed by atoms with Crippen LogP contribution in [0.25, 0.3) is 10.9 Å². The van der Waals surface area contributed by atoms with Crippen molar-refractivity contribution < 1.29 is 8.78 Å². The zero-order valence-corrected chi connectivity index (χ0v) is 14.9. The maximum atomic E-state index is 14.0. The fourth-order valence-corrected chi connectivity index (χ4v) is 4.97. The molecular formula is C22H22F2N2. The molecule has 1 fully saturated rings. The molecule has 4 heteroatoms. The number of benzene rings is 2. The summed E-state index contributed by atoms with van der Waals surface area (Å²) in [6, 6.07) is 12.9. The van der Waals surface area contributed by atoms with Gasteiger partial charge in [-0.1, -0.05) is 12.1 Å². The first-order chi connectivity index (χ1) is 12.6. The zero-order valence-electron chi connectivity index (χ0n) is 14.9. The minimum atomic E-state index is -0.201. The number of aryl methyl sites for hydroxylation is 2. The summed E-state index contributed by atoms with van der Waals surface area (Å²) in [4.78, 5) is 2.47. The summed E-state index contributed by atoms with van der Waals surface area (Å²) in [5.74, 6) is -0.369. The van der Waals surface area contributed by atoms with Gasteiger partial charge in [0.25, 0.3) is 0 Å². The molecule has 0 saturated carbocycles. The van der Waals surface area contributed by atoms with E-state index in [1.54, 1.807) is 12.1 Å². The topological polar surface area (TPSA) is 8.17 Å². The predicted octanol–water partition coefficient (Wildman–Crippen LogP) is 4.85. The fourth-order valence-electron chi connectivity index (χ4n) is 4.97. The van der Waals surface area contributed by atoms with Gasteiger partial charge in [0.1, 0.15) is 11.6 Å². The molecule has 0 N–H and O–H groups in total. The van der Waals surface area contributed by atoms with E-state index in [0.29, 0.717) is 12.1 Å². The molecular weight excluding hydrogens is 330 g/mol. The van der Waals surface area contributed by atoms with Crippen LogP contribution in [0.5, 0.6) is 0 Å². The largest absolute Gasteiger partial charge is 0.344 e. The average molecular weight is 352 g/mol. The van der Waals surface area contributed by atoms with Gasteiger partial charge in [-0.25, -0.2) is 8.78 Å². The number of rotatable bonds is 3. The normalized spacial score (nSPS) is 22.1. The molecule has 0 radical (unpaired) electrons. The van der Waals surface area contributed by atoms with Gasteiger partial charge in [0, 0.05) is 41.6 Å². The first kappa shape index (κ1) is 16.0. The van der Waals surface area contributed by atoms with Crippen molar-refractivity contribution in [3.05, 3.63) is 70.9 Å². The molecule has 2 aliphatic rings. The van der Waals surface area contributed by atoms with Gasteiger partial charge >= 0.3 is 0 Å². The number of hydrogen-bond acceptors (Lipinski definition) is 1. The van der Waals surface area contributed by atoms with Gasteiger partial charge in [-0.2, -0.15) is 0 Å². The Balaban J connectivity index is 1.59. The average Bonchev–Trinajstić information content (AvgIpc) is 3.04. The van der Waals surface area contributed by atoms with E-state index in [4.69, 9.17) is 0 Å². The second-order valence-electron chi connectivity index (χ2n) is 7.67. The fraction of sp³-hybridized carbons (Fsp3) is 0.364. The lowest BCUT2D eigenvalue weighted by molar-refractivity contribution is 0.222. The van der Waals surface area contributed by atoms with Crippen LogP contribution in [0, 0.1) is 11.6 Å². The monoisotopic (exact) mass is 352 g/mol. The molecule has 0 amide bonds. The Morgan fingerprint density at radius 1 is 1.00 bits per heavy atom. The van der Waals surface area contributed by atoms with E-state index in [-0.39, 0.29) is 11.6 Å². The van der Waals surface area contributed by atoms with E-state index < -0.39 is 0 Å². The van der Waals surface area contributed by atoms with Crippen LogP contribution in [0.1, 0.15) is 35.7 Å². The third-order valence-corrected chi connectivity index (χ3v) is 6.32. The van der Waals surface area contributed by atoms with Gasteiger partial charge in [-0.05, 0) is 67.8 Å². The SMILES string of the molecule is CN1C2CCC1c1c(n(CCc3ccc(F)cc3)c3ccc(F)cc13)C2. The maximum Gasteiger partial charge on any atom is 0.123 e. The number of halogens is 2. The summed E-state index contributed by atoms with van der Waals surface area (Å²) in [5.41, 5.74) is 4.95. The number of nitrogens with zero attached hydrogens (tertiary/aromatic N) is 2. The van der Waals surface area contributed by atoms with E-state index in [0.717, 1.165) is 42.3 Å². The van der Waals surface area contributed by atoms with Gasteiger partial charge in [-0.3, -0.25) is 4.90 Å². The number of fused-ring (bicyclic) bond motifs is 6. The highest BCUT2D eigenvalue weighted by molar-refractivity contribution is 5.86. The van der Waals surface area contributed by atoms with Crippen LogP contribution >= 0.6 is 0 Å². The first-order valence-corrected chi connectivity index (χ1v) is 9.38. The molecule has 2 aliphatic heterocycles. The molecule has 2 bridgehead atoms. The minimum Gasteiger partial charge on any atom is -0.344 e. The Bertz CT molecular complexity index is 974. The minimum absolute atomic E-state index is 0.168. The Kier molecular flexibility index (Phi) is 3.64. The van der Waals surface area contributed by atoms with Crippen LogP contribution in [0.15, 0.2) is 42.5 Å². The van der Waals surface area contributed by atoms with E-state index in [1.807, 2.05) is 18.2 Å². The molecule has 2 aromatic carbocycles. The van der Waals surface area contributed by atoms with Crippen molar-refractivity contribution >= 4 is 10.9 Å². The molecule has 26 heavy (non-hydrogen) atoms. The first-order valence-electron chi connectivity index (χ1n) is 9.38. The van der Waals surface area contributed by atoms with E-state index >= 15 is 0 Å². The van der Waals surface area contributed by atoms with Gasteiger partial charge in [0.05, 0.1) is 0 Å². The summed E-state index contributed by atoms with van der Waals surface area (Å²) in [5, 5.41) is 1.07. The maximum absolute atomic E-state index is 14.0. The summed E-state index contributed by atoms with van der Waals surface area (Å²) >= 11 is 0. The van der Waals surface area contributed by atoms with Crippen LogP contribution in [-0.2, 0) is 19.4 Å². The van der Waals surface area contributed by atoms with Gasteiger partial charge in [0.2, 0.25) is 0 Å². The highest BCUT2D eigenvalue weighted by Gasteiger charge is 2.40. The van der Waals surface area contributed by atoms with Crippen LogP contribution in [0.2, 0.25) is 0 Å². The lowest BCUT2D eigenvalue weighted by Crippen LogP contribution is -2.34. The summed E-state index contributed by atoms with van der Waals surface area (Å²) in [6.45, 7) is 0.840. The molecule has 1 saturated heterocycles. The zero-order chi connectivity index (χ0) is 17.8.